The number of hydrogen-bond donors (Lipinski definition) is 2. The van der Waals surface area contributed by atoms with Crippen molar-refractivity contribution >= 4 is 62.6 Å². The molecule has 4 rings (SSSR count). The van der Waals surface area contributed by atoms with E-state index in [0.717, 1.165) is 44.8 Å². The summed E-state index contributed by atoms with van der Waals surface area (Å²) >= 11 is 4.32. The highest BCUT2D eigenvalue weighted by molar-refractivity contribution is 8.01. The molecule has 3 aromatic rings. The Morgan fingerprint density at radius 2 is 2.16 bits per heavy atom. The molecule has 1 unspecified atom stereocenters. The zero-order valence-electron chi connectivity index (χ0n) is 17.0. The van der Waals surface area contributed by atoms with Crippen LogP contribution in [0.4, 0.5) is 5.69 Å². The maximum atomic E-state index is 12.3. The molecule has 8 nitrogen and oxygen atoms in total. The number of amides is 2. The van der Waals surface area contributed by atoms with Gasteiger partial charge in [0.15, 0.2) is 9.50 Å². The van der Waals surface area contributed by atoms with Crippen LogP contribution in [-0.4, -0.2) is 57.1 Å². The smallest absolute Gasteiger partial charge is 0.234 e. The Labute approximate surface area is 192 Å². The molecule has 1 saturated heterocycles. The van der Waals surface area contributed by atoms with Gasteiger partial charge in [0.2, 0.25) is 11.8 Å². The summed E-state index contributed by atoms with van der Waals surface area (Å²) in [7, 11) is 1.90. The van der Waals surface area contributed by atoms with Crippen LogP contribution in [0, 0.1) is 0 Å². The number of carbonyl (C=O) groups excluding carboxylic acids is 2. The molecule has 2 amide bonds. The van der Waals surface area contributed by atoms with Gasteiger partial charge in [-0.3, -0.25) is 9.59 Å². The highest BCUT2D eigenvalue weighted by Crippen LogP contribution is 2.31. The number of hydrogen-bond acceptors (Lipinski definition) is 8. The van der Waals surface area contributed by atoms with Crippen LogP contribution in [-0.2, 0) is 21.4 Å². The summed E-state index contributed by atoms with van der Waals surface area (Å²) in [4.78, 5) is 33.1. The van der Waals surface area contributed by atoms with E-state index in [1.54, 1.807) is 6.20 Å². The van der Waals surface area contributed by atoms with Crippen molar-refractivity contribution in [3.05, 3.63) is 30.6 Å². The van der Waals surface area contributed by atoms with Gasteiger partial charge in [0.05, 0.1) is 27.8 Å². The zero-order valence-corrected chi connectivity index (χ0v) is 19.4. The Balaban J connectivity index is 1.26. The first-order valence-electron chi connectivity index (χ1n) is 9.88. The highest BCUT2D eigenvalue weighted by Gasteiger charge is 2.16. The van der Waals surface area contributed by atoms with Gasteiger partial charge in [-0.1, -0.05) is 23.5 Å². The molecule has 0 radical (unpaired) electrons. The van der Waals surface area contributed by atoms with Gasteiger partial charge in [-0.15, -0.1) is 11.3 Å². The number of carbonyl (C=O) groups is 2. The molecule has 1 atom stereocenters. The third-order valence-corrected chi connectivity index (χ3v) is 7.86. The van der Waals surface area contributed by atoms with Crippen molar-refractivity contribution in [3.63, 3.8) is 0 Å². The van der Waals surface area contributed by atoms with Crippen molar-refractivity contribution in [1.82, 2.24) is 19.9 Å². The number of anilines is 1. The summed E-state index contributed by atoms with van der Waals surface area (Å²) in [5.41, 5.74) is 1.58. The van der Waals surface area contributed by atoms with E-state index >= 15 is 0 Å². The minimum atomic E-state index is -0.0885. The van der Waals surface area contributed by atoms with E-state index in [1.807, 2.05) is 36.0 Å². The Hall–Kier alpha value is -2.08. The lowest BCUT2D eigenvalue weighted by Gasteiger charge is -2.09. The Bertz CT molecular complexity index is 1060. The molecule has 164 valence electrons. The SMILES string of the molecule is Cn1ccnc1SCC(=O)Nc1ccc2nc(SCC(=O)NCC3CCCO3)sc2c1. The van der Waals surface area contributed by atoms with Crippen molar-refractivity contribution < 1.29 is 14.3 Å². The average molecular weight is 478 g/mol. The number of nitrogens with zero attached hydrogens (tertiary/aromatic N) is 3. The van der Waals surface area contributed by atoms with E-state index in [9.17, 15) is 9.59 Å². The third kappa shape index (κ3) is 6.22. The summed E-state index contributed by atoms with van der Waals surface area (Å²) in [5, 5.41) is 6.64. The van der Waals surface area contributed by atoms with Crippen molar-refractivity contribution in [3.8, 4) is 0 Å². The first-order valence-corrected chi connectivity index (χ1v) is 12.7. The molecule has 1 fully saturated rings. The number of rotatable bonds is 9. The van der Waals surface area contributed by atoms with E-state index in [0.29, 0.717) is 12.3 Å². The summed E-state index contributed by atoms with van der Waals surface area (Å²) in [5.74, 6) is 0.501. The molecule has 2 aromatic heterocycles. The fraction of sp³-hybridized carbons (Fsp3) is 0.400. The van der Waals surface area contributed by atoms with Crippen LogP contribution in [0.25, 0.3) is 10.2 Å². The summed E-state index contributed by atoms with van der Waals surface area (Å²) in [6.45, 7) is 1.35. The summed E-state index contributed by atoms with van der Waals surface area (Å²) in [6, 6.07) is 5.64. The van der Waals surface area contributed by atoms with Crippen LogP contribution < -0.4 is 10.6 Å². The fourth-order valence-corrected chi connectivity index (χ4v) is 5.74. The third-order valence-electron chi connectivity index (χ3n) is 4.64. The van der Waals surface area contributed by atoms with Crippen molar-refractivity contribution in [2.75, 3.05) is 30.0 Å². The summed E-state index contributed by atoms with van der Waals surface area (Å²) < 4.78 is 9.19. The van der Waals surface area contributed by atoms with Crippen LogP contribution in [0.3, 0.4) is 0 Å². The van der Waals surface area contributed by atoms with Crippen molar-refractivity contribution in [2.45, 2.75) is 28.4 Å². The first-order chi connectivity index (χ1) is 15.1. The fourth-order valence-electron chi connectivity index (χ4n) is 3.07. The molecular formula is C20H23N5O3S3. The van der Waals surface area contributed by atoms with E-state index in [-0.39, 0.29) is 23.7 Å². The molecule has 1 aliphatic rings. The number of nitrogens with one attached hydrogen (secondary N) is 2. The van der Waals surface area contributed by atoms with Crippen LogP contribution in [0.5, 0.6) is 0 Å². The largest absolute Gasteiger partial charge is 0.376 e. The average Bonchev–Trinajstić information content (AvgIpc) is 3.50. The van der Waals surface area contributed by atoms with E-state index in [2.05, 4.69) is 20.6 Å². The second-order valence-corrected chi connectivity index (χ2v) is 10.2. The van der Waals surface area contributed by atoms with Gasteiger partial charge in [-0.2, -0.15) is 0 Å². The van der Waals surface area contributed by atoms with Crippen molar-refractivity contribution in [1.29, 1.82) is 0 Å². The number of benzene rings is 1. The second kappa shape index (κ2) is 10.5. The Morgan fingerprint density at radius 3 is 2.94 bits per heavy atom. The number of fused-ring (bicyclic) bond motifs is 1. The van der Waals surface area contributed by atoms with Gasteiger partial charge < -0.3 is 19.9 Å². The lowest BCUT2D eigenvalue weighted by atomic mass is 10.2. The highest BCUT2D eigenvalue weighted by atomic mass is 32.2. The zero-order chi connectivity index (χ0) is 21.6. The van der Waals surface area contributed by atoms with E-state index in [1.165, 1.54) is 34.9 Å². The van der Waals surface area contributed by atoms with E-state index in [4.69, 9.17) is 4.74 Å². The maximum absolute atomic E-state index is 12.3. The molecule has 11 heteroatoms. The topological polar surface area (TPSA) is 98.1 Å². The molecule has 3 heterocycles. The van der Waals surface area contributed by atoms with Crippen LogP contribution in [0.15, 0.2) is 40.1 Å². The maximum Gasteiger partial charge on any atom is 0.234 e. The predicted molar refractivity (Wildman–Crippen MR) is 125 cm³/mol. The van der Waals surface area contributed by atoms with Crippen molar-refractivity contribution in [2.24, 2.45) is 7.05 Å². The van der Waals surface area contributed by atoms with Crippen LogP contribution >= 0.6 is 34.9 Å². The molecule has 0 aliphatic carbocycles. The van der Waals surface area contributed by atoms with Gasteiger partial charge in [-0.05, 0) is 31.0 Å². The van der Waals surface area contributed by atoms with Gasteiger partial charge in [0.1, 0.15) is 0 Å². The predicted octanol–water partition coefficient (Wildman–Crippen LogP) is 3.15. The van der Waals surface area contributed by atoms with Gasteiger partial charge >= 0.3 is 0 Å². The van der Waals surface area contributed by atoms with Crippen LogP contribution in [0.1, 0.15) is 12.8 Å². The molecule has 0 spiro atoms. The number of imidazole rings is 1. The molecule has 1 aliphatic heterocycles. The minimum absolute atomic E-state index is 0.0158. The standard InChI is InChI=1S/C20H23N5O3S3/c1-25-7-6-21-19(25)29-12-18(27)23-13-4-5-15-16(9-13)31-20(24-15)30-11-17(26)22-10-14-3-2-8-28-14/h4-7,9,14H,2-3,8,10-12H2,1H3,(H,22,26)(H,23,27). The van der Waals surface area contributed by atoms with Gasteiger partial charge in [-0.25, -0.2) is 9.97 Å². The molecule has 2 N–H and O–H groups in total. The number of ether oxygens (including phenoxy) is 1. The number of aromatic nitrogens is 3. The molecular weight excluding hydrogens is 454 g/mol. The monoisotopic (exact) mass is 477 g/mol. The normalized spacial score (nSPS) is 16.0. The quantitative estimate of drug-likeness (QED) is 0.457. The van der Waals surface area contributed by atoms with Crippen LogP contribution in [0.2, 0.25) is 0 Å². The molecule has 31 heavy (non-hydrogen) atoms. The molecule has 0 saturated carbocycles. The lowest BCUT2D eigenvalue weighted by Crippen LogP contribution is -2.32. The number of thioether (sulfide) groups is 2. The lowest BCUT2D eigenvalue weighted by molar-refractivity contribution is -0.119. The van der Waals surface area contributed by atoms with E-state index < -0.39 is 0 Å². The molecule has 1 aromatic carbocycles. The number of thiazole rings is 1. The Kier molecular flexibility index (Phi) is 7.49. The number of aryl methyl sites for hydroxylation is 1. The summed E-state index contributed by atoms with van der Waals surface area (Å²) in [6.07, 6.45) is 5.77. The first kappa shape index (κ1) is 22.1. The van der Waals surface area contributed by atoms with Gasteiger partial charge in [0.25, 0.3) is 0 Å². The molecule has 0 bridgehead atoms. The second-order valence-electron chi connectivity index (χ2n) is 7.05. The minimum Gasteiger partial charge on any atom is -0.376 e. The Morgan fingerprint density at radius 1 is 1.29 bits per heavy atom. The van der Waals surface area contributed by atoms with Gasteiger partial charge in [0, 0.05) is 38.3 Å².